The molecule has 0 unspecified atom stereocenters. The molecule has 11 heavy (non-hydrogen) atoms. The molecule has 4 nitrogen and oxygen atoms in total. The van der Waals surface area contributed by atoms with Crippen LogP contribution in [0.15, 0.2) is 16.8 Å². The second kappa shape index (κ2) is 3.18. The number of carbonyl (C=O) groups is 1. The Balaban J connectivity index is 2.49. The van der Waals surface area contributed by atoms with E-state index in [0.29, 0.717) is 0 Å². The summed E-state index contributed by atoms with van der Waals surface area (Å²) in [6.07, 6.45) is 3.88. The first kappa shape index (κ1) is 7.78. The number of nitrogens with two attached hydrogens (primary N) is 1. The van der Waals surface area contributed by atoms with E-state index in [1.54, 1.807) is 0 Å². The maximum absolute atomic E-state index is 10.2. The number of hydrazone groups is 1. The van der Waals surface area contributed by atoms with Crippen molar-refractivity contribution < 1.29 is 4.79 Å². The topological polar surface area (TPSA) is 67.5 Å². The van der Waals surface area contributed by atoms with E-state index in [4.69, 9.17) is 5.73 Å². The molecule has 0 heterocycles. The second-order valence-electron chi connectivity index (χ2n) is 2.57. The van der Waals surface area contributed by atoms with Gasteiger partial charge in [0.1, 0.15) is 0 Å². The molecule has 0 aromatic rings. The number of nitrogens with one attached hydrogen (secondary N) is 1. The van der Waals surface area contributed by atoms with Crippen LogP contribution in [-0.4, -0.2) is 11.7 Å². The van der Waals surface area contributed by atoms with E-state index in [1.807, 2.05) is 13.0 Å². The molecule has 0 spiro atoms. The number of carbonyl (C=O) groups excluding carboxylic acids is 1. The normalized spacial score (nSPS) is 20.1. The molecule has 1 aliphatic rings. The fourth-order valence-corrected chi connectivity index (χ4v) is 0.969. The van der Waals surface area contributed by atoms with Gasteiger partial charge in [0.15, 0.2) is 0 Å². The molecule has 0 aromatic heterocycles. The number of primary amides is 1. The fourth-order valence-electron chi connectivity index (χ4n) is 0.969. The minimum absolute atomic E-state index is 0.615. The molecule has 2 amide bonds. The monoisotopic (exact) mass is 153 g/mol. The van der Waals surface area contributed by atoms with Crippen molar-refractivity contribution in [2.75, 3.05) is 0 Å². The van der Waals surface area contributed by atoms with Gasteiger partial charge in [-0.25, -0.2) is 10.2 Å². The van der Waals surface area contributed by atoms with Crippen LogP contribution in [0.4, 0.5) is 4.79 Å². The quantitative estimate of drug-likeness (QED) is 0.536. The zero-order valence-corrected chi connectivity index (χ0v) is 6.42. The number of hydrogen-bond donors (Lipinski definition) is 2. The van der Waals surface area contributed by atoms with Gasteiger partial charge in [-0.3, -0.25) is 0 Å². The molecule has 0 radical (unpaired) electrons. The molecule has 0 saturated carbocycles. The zero-order chi connectivity index (χ0) is 8.27. The summed E-state index contributed by atoms with van der Waals surface area (Å²) >= 11 is 0. The van der Waals surface area contributed by atoms with Crippen molar-refractivity contribution in [3.63, 3.8) is 0 Å². The number of amides is 2. The van der Waals surface area contributed by atoms with Gasteiger partial charge in [-0.05, 0) is 25.8 Å². The van der Waals surface area contributed by atoms with Gasteiger partial charge in [-0.2, -0.15) is 5.10 Å². The summed E-state index contributed by atoms with van der Waals surface area (Å²) in [5, 5.41) is 3.79. The summed E-state index contributed by atoms with van der Waals surface area (Å²) in [6, 6.07) is -0.615. The Hall–Kier alpha value is -1.32. The first-order chi connectivity index (χ1) is 5.18. The van der Waals surface area contributed by atoms with E-state index in [2.05, 4.69) is 10.5 Å². The predicted molar refractivity (Wildman–Crippen MR) is 43.1 cm³/mol. The van der Waals surface area contributed by atoms with E-state index in [0.717, 1.165) is 18.6 Å². The number of rotatable bonds is 1. The Morgan fingerprint density at radius 1 is 1.73 bits per heavy atom. The summed E-state index contributed by atoms with van der Waals surface area (Å²) in [5.41, 5.74) is 9.19. The molecule has 0 fully saturated rings. The summed E-state index contributed by atoms with van der Waals surface area (Å²) in [6.45, 7) is 2.03. The highest BCUT2D eigenvalue weighted by Crippen LogP contribution is 2.13. The van der Waals surface area contributed by atoms with E-state index >= 15 is 0 Å². The summed E-state index contributed by atoms with van der Waals surface area (Å²) in [5.74, 6) is 0. The van der Waals surface area contributed by atoms with E-state index < -0.39 is 6.03 Å². The van der Waals surface area contributed by atoms with Gasteiger partial charge in [0.2, 0.25) is 0 Å². The molecule has 0 bridgehead atoms. The van der Waals surface area contributed by atoms with E-state index in [1.165, 1.54) is 5.57 Å². The maximum atomic E-state index is 10.2. The number of hydrogen-bond acceptors (Lipinski definition) is 2. The van der Waals surface area contributed by atoms with Crippen molar-refractivity contribution in [3.05, 3.63) is 11.6 Å². The molecule has 60 valence electrons. The van der Waals surface area contributed by atoms with Crippen LogP contribution in [0.2, 0.25) is 0 Å². The molecule has 1 aliphatic carbocycles. The van der Waals surface area contributed by atoms with Crippen LogP contribution in [0.3, 0.4) is 0 Å². The lowest BCUT2D eigenvalue weighted by Gasteiger charge is -1.92. The molecule has 4 heteroatoms. The van der Waals surface area contributed by atoms with E-state index in [-0.39, 0.29) is 0 Å². The van der Waals surface area contributed by atoms with Gasteiger partial charge in [0.25, 0.3) is 0 Å². The first-order valence-electron chi connectivity index (χ1n) is 3.47. The minimum atomic E-state index is -0.615. The third kappa shape index (κ3) is 2.41. The standard InChI is InChI=1S/C7H11N3O/c1-5-2-3-6(4-5)9-10-7(8)11/h4H,2-3H2,1H3,(H3,8,10,11). The SMILES string of the molecule is CC1=CC(=NNC(N)=O)CC1. The van der Waals surface area contributed by atoms with Crippen molar-refractivity contribution in [2.45, 2.75) is 19.8 Å². The average molecular weight is 153 g/mol. The highest BCUT2D eigenvalue weighted by molar-refractivity contribution is 5.98. The van der Waals surface area contributed by atoms with Crippen molar-refractivity contribution in [1.29, 1.82) is 0 Å². The zero-order valence-electron chi connectivity index (χ0n) is 6.42. The third-order valence-electron chi connectivity index (χ3n) is 1.50. The second-order valence-corrected chi connectivity index (χ2v) is 2.57. The molecule has 0 saturated heterocycles. The van der Waals surface area contributed by atoms with Crippen molar-refractivity contribution >= 4 is 11.7 Å². The fraction of sp³-hybridized carbons (Fsp3) is 0.429. The number of allylic oxidation sites excluding steroid dienone is 2. The first-order valence-corrected chi connectivity index (χ1v) is 3.47. The molecular weight excluding hydrogens is 142 g/mol. The summed E-state index contributed by atoms with van der Waals surface area (Å²) in [7, 11) is 0. The minimum Gasteiger partial charge on any atom is -0.350 e. The van der Waals surface area contributed by atoms with Crippen LogP contribution in [-0.2, 0) is 0 Å². The van der Waals surface area contributed by atoms with Crippen LogP contribution < -0.4 is 11.2 Å². The van der Waals surface area contributed by atoms with Crippen LogP contribution >= 0.6 is 0 Å². The summed E-state index contributed by atoms with van der Waals surface area (Å²) < 4.78 is 0. The molecule has 3 N–H and O–H groups in total. The van der Waals surface area contributed by atoms with Gasteiger partial charge < -0.3 is 5.73 Å². The Bertz CT molecular complexity index is 230. The molecule has 0 aliphatic heterocycles. The van der Waals surface area contributed by atoms with Crippen molar-refractivity contribution in [3.8, 4) is 0 Å². The van der Waals surface area contributed by atoms with Crippen LogP contribution in [0.5, 0.6) is 0 Å². The smallest absolute Gasteiger partial charge is 0.332 e. The molecular formula is C7H11N3O. The Kier molecular flexibility index (Phi) is 2.25. The van der Waals surface area contributed by atoms with E-state index in [9.17, 15) is 4.79 Å². The Morgan fingerprint density at radius 3 is 2.91 bits per heavy atom. The molecule has 0 aromatic carbocycles. The maximum Gasteiger partial charge on any atom is 0.332 e. The lowest BCUT2D eigenvalue weighted by Crippen LogP contribution is -2.25. The lowest BCUT2D eigenvalue weighted by atomic mass is 10.3. The van der Waals surface area contributed by atoms with Gasteiger partial charge in [0, 0.05) is 0 Å². The van der Waals surface area contributed by atoms with Crippen LogP contribution in [0.25, 0.3) is 0 Å². The number of nitrogens with zero attached hydrogens (tertiary/aromatic N) is 1. The molecule has 0 atom stereocenters. The van der Waals surface area contributed by atoms with Crippen molar-refractivity contribution in [1.82, 2.24) is 5.43 Å². The average Bonchev–Trinajstić information content (AvgIpc) is 2.31. The van der Waals surface area contributed by atoms with Crippen LogP contribution in [0, 0.1) is 0 Å². The Morgan fingerprint density at radius 2 is 2.45 bits per heavy atom. The van der Waals surface area contributed by atoms with Gasteiger partial charge in [0.05, 0.1) is 5.71 Å². The largest absolute Gasteiger partial charge is 0.350 e. The highest BCUT2D eigenvalue weighted by atomic mass is 16.2. The number of urea groups is 1. The Labute approximate surface area is 65.2 Å². The van der Waals surface area contributed by atoms with Gasteiger partial charge in [-0.1, -0.05) is 5.57 Å². The summed E-state index contributed by atoms with van der Waals surface area (Å²) in [4.78, 5) is 10.2. The predicted octanol–water partition coefficient (Wildman–Crippen LogP) is 0.751. The third-order valence-corrected chi connectivity index (χ3v) is 1.50. The van der Waals surface area contributed by atoms with Gasteiger partial charge in [-0.15, -0.1) is 0 Å². The van der Waals surface area contributed by atoms with Gasteiger partial charge >= 0.3 is 6.03 Å². The van der Waals surface area contributed by atoms with Crippen molar-refractivity contribution in [2.24, 2.45) is 10.8 Å². The lowest BCUT2D eigenvalue weighted by molar-refractivity contribution is 0.249. The highest BCUT2D eigenvalue weighted by Gasteiger charge is 2.05. The van der Waals surface area contributed by atoms with Crippen LogP contribution in [0.1, 0.15) is 19.8 Å². The molecule has 1 rings (SSSR count).